The van der Waals surface area contributed by atoms with Gasteiger partial charge in [-0.25, -0.2) is 0 Å². The highest BCUT2D eigenvalue weighted by molar-refractivity contribution is 5.80. The average molecular weight is 262 g/mol. The van der Waals surface area contributed by atoms with E-state index in [4.69, 9.17) is 0 Å². The predicted octanol–water partition coefficient (Wildman–Crippen LogP) is 3.27. The SMILES string of the molecule is CC(C)(C(=O)O)c1cccc(C(O)C2CCCC2)c1. The van der Waals surface area contributed by atoms with Crippen LogP contribution < -0.4 is 0 Å². The molecule has 0 radical (unpaired) electrons. The molecule has 1 aromatic rings. The molecule has 0 aromatic heterocycles. The van der Waals surface area contributed by atoms with Gasteiger partial charge in [-0.3, -0.25) is 4.79 Å². The number of hydrogen-bond acceptors (Lipinski definition) is 2. The second kappa shape index (κ2) is 5.33. The summed E-state index contributed by atoms with van der Waals surface area (Å²) in [5.41, 5.74) is 0.666. The van der Waals surface area contributed by atoms with Crippen molar-refractivity contribution in [3.8, 4) is 0 Å². The fourth-order valence-corrected chi connectivity index (χ4v) is 2.78. The predicted molar refractivity (Wildman–Crippen MR) is 74.0 cm³/mol. The number of carbonyl (C=O) groups is 1. The van der Waals surface area contributed by atoms with Crippen LogP contribution in [0.2, 0.25) is 0 Å². The molecule has 0 heterocycles. The minimum atomic E-state index is -0.925. The molecule has 19 heavy (non-hydrogen) atoms. The maximum Gasteiger partial charge on any atom is 0.313 e. The first-order valence-corrected chi connectivity index (χ1v) is 6.95. The van der Waals surface area contributed by atoms with Crippen LogP contribution >= 0.6 is 0 Å². The van der Waals surface area contributed by atoms with Crippen molar-refractivity contribution < 1.29 is 15.0 Å². The zero-order valence-corrected chi connectivity index (χ0v) is 11.6. The molecule has 2 rings (SSSR count). The van der Waals surface area contributed by atoms with Crippen molar-refractivity contribution in [1.29, 1.82) is 0 Å². The van der Waals surface area contributed by atoms with Gasteiger partial charge in [0.15, 0.2) is 0 Å². The summed E-state index contributed by atoms with van der Waals surface area (Å²) >= 11 is 0. The van der Waals surface area contributed by atoms with Gasteiger partial charge < -0.3 is 10.2 Å². The highest BCUT2D eigenvalue weighted by Crippen LogP contribution is 2.36. The Morgan fingerprint density at radius 3 is 2.53 bits per heavy atom. The van der Waals surface area contributed by atoms with Gasteiger partial charge in [0.05, 0.1) is 11.5 Å². The van der Waals surface area contributed by atoms with Gasteiger partial charge in [-0.05, 0) is 43.7 Å². The normalized spacial score (nSPS) is 18.5. The first-order chi connectivity index (χ1) is 8.93. The summed E-state index contributed by atoms with van der Waals surface area (Å²) in [5.74, 6) is -0.525. The minimum absolute atomic E-state index is 0.322. The third kappa shape index (κ3) is 2.81. The van der Waals surface area contributed by atoms with E-state index in [1.54, 1.807) is 13.8 Å². The molecule has 2 N–H and O–H groups in total. The fraction of sp³-hybridized carbons (Fsp3) is 0.562. The Morgan fingerprint density at radius 2 is 1.95 bits per heavy atom. The van der Waals surface area contributed by atoms with Crippen LogP contribution in [-0.2, 0) is 10.2 Å². The molecule has 1 unspecified atom stereocenters. The average Bonchev–Trinajstić information content (AvgIpc) is 2.91. The smallest absolute Gasteiger partial charge is 0.313 e. The van der Waals surface area contributed by atoms with Crippen molar-refractivity contribution in [2.24, 2.45) is 5.92 Å². The Labute approximate surface area is 114 Å². The first-order valence-electron chi connectivity index (χ1n) is 6.95. The molecule has 0 spiro atoms. The molecular formula is C16H22O3. The second-order valence-electron chi connectivity index (χ2n) is 6.04. The van der Waals surface area contributed by atoms with Gasteiger partial charge in [-0.15, -0.1) is 0 Å². The van der Waals surface area contributed by atoms with E-state index < -0.39 is 17.5 Å². The van der Waals surface area contributed by atoms with E-state index >= 15 is 0 Å². The first kappa shape index (κ1) is 14.1. The Morgan fingerprint density at radius 1 is 1.32 bits per heavy atom. The molecule has 3 nitrogen and oxygen atoms in total. The van der Waals surface area contributed by atoms with Crippen LogP contribution in [0, 0.1) is 5.92 Å². The van der Waals surface area contributed by atoms with Crippen LogP contribution in [0.3, 0.4) is 0 Å². The van der Waals surface area contributed by atoms with E-state index in [0.717, 1.165) is 24.0 Å². The molecule has 0 amide bonds. The topological polar surface area (TPSA) is 57.5 Å². The molecule has 1 fully saturated rings. The minimum Gasteiger partial charge on any atom is -0.481 e. The molecule has 3 heteroatoms. The Kier molecular flexibility index (Phi) is 3.95. The van der Waals surface area contributed by atoms with Crippen molar-refractivity contribution in [2.45, 2.75) is 51.0 Å². The lowest BCUT2D eigenvalue weighted by molar-refractivity contribution is -0.142. The Hall–Kier alpha value is -1.35. The van der Waals surface area contributed by atoms with Crippen LogP contribution in [0.4, 0.5) is 0 Å². The molecule has 1 atom stereocenters. The van der Waals surface area contributed by atoms with Gasteiger partial charge >= 0.3 is 5.97 Å². The lowest BCUT2D eigenvalue weighted by Crippen LogP contribution is -2.28. The second-order valence-corrected chi connectivity index (χ2v) is 6.04. The summed E-state index contributed by atoms with van der Waals surface area (Å²) in [6.07, 6.45) is 4.03. The number of aliphatic hydroxyl groups excluding tert-OH is 1. The maximum absolute atomic E-state index is 11.3. The van der Waals surface area contributed by atoms with Crippen molar-refractivity contribution in [3.63, 3.8) is 0 Å². The fourth-order valence-electron chi connectivity index (χ4n) is 2.78. The molecule has 1 aromatic carbocycles. The van der Waals surface area contributed by atoms with Crippen LogP contribution in [0.1, 0.15) is 56.8 Å². The Balaban J connectivity index is 2.26. The molecule has 0 bridgehead atoms. The lowest BCUT2D eigenvalue weighted by atomic mass is 9.82. The van der Waals surface area contributed by atoms with Crippen LogP contribution in [-0.4, -0.2) is 16.2 Å². The van der Waals surface area contributed by atoms with Gasteiger partial charge in [-0.1, -0.05) is 37.1 Å². The zero-order chi connectivity index (χ0) is 14.0. The Bertz CT molecular complexity index is 459. The third-order valence-corrected chi connectivity index (χ3v) is 4.33. The van der Waals surface area contributed by atoms with Crippen LogP contribution in [0.5, 0.6) is 0 Å². The molecule has 0 aliphatic heterocycles. The number of aliphatic hydroxyl groups is 1. The highest BCUT2D eigenvalue weighted by atomic mass is 16.4. The summed E-state index contributed by atoms with van der Waals surface area (Å²) in [7, 11) is 0. The van der Waals surface area contributed by atoms with Gasteiger partial charge in [0.25, 0.3) is 0 Å². The highest BCUT2D eigenvalue weighted by Gasteiger charge is 2.31. The van der Waals surface area contributed by atoms with E-state index in [1.807, 2.05) is 24.3 Å². The number of rotatable bonds is 4. The van der Waals surface area contributed by atoms with Crippen molar-refractivity contribution >= 4 is 5.97 Å². The van der Waals surface area contributed by atoms with Crippen LogP contribution in [0.15, 0.2) is 24.3 Å². The molecule has 104 valence electrons. The number of carboxylic acid groups (broad SMARTS) is 1. The van der Waals surface area contributed by atoms with Gasteiger partial charge in [-0.2, -0.15) is 0 Å². The van der Waals surface area contributed by atoms with E-state index in [0.29, 0.717) is 5.92 Å². The maximum atomic E-state index is 11.3. The molecular weight excluding hydrogens is 240 g/mol. The summed E-state index contributed by atoms with van der Waals surface area (Å²) in [5, 5.41) is 19.7. The van der Waals surface area contributed by atoms with E-state index in [1.165, 1.54) is 12.8 Å². The van der Waals surface area contributed by atoms with E-state index in [2.05, 4.69) is 0 Å². The number of hydrogen-bond donors (Lipinski definition) is 2. The lowest BCUT2D eigenvalue weighted by Gasteiger charge is -2.23. The number of carboxylic acids is 1. The molecule has 1 aliphatic rings. The number of benzene rings is 1. The molecule has 1 saturated carbocycles. The van der Waals surface area contributed by atoms with E-state index in [-0.39, 0.29) is 0 Å². The van der Waals surface area contributed by atoms with Gasteiger partial charge in [0.1, 0.15) is 0 Å². The monoisotopic (exact) mass is 262 g/mol. The van der Waals surface area contributed by atoms with Gasteiger partial charge in [0.2, 0.25) is 0 Å². The quantitative estimate of drug-likeness (QED) is 0.875. The summed E-state index contributed by atoms with van der Waals surface area (Å²) < 4.78 is 0. The molecule has 1 aliphatic carbocycles. The summed E-state index contributed by atoms with van der Waals surface area (Å²) in [6, 6.07) is 7.40. The van der Waals surface area contributed by atoms with E-state index in [9.17, 15) is 15.0 Å². The molecule has 0 saturated heterocycles. The number of aliphatic carboxylic acids is 1. The zero-order valence-electron chi connectivity index (χ0n) is 11.6. The standard InChI is InChI=1S/C16H22O3/c1-16(2,15(18)19)13-9-5-8-12(10-13)14(17)11-6-3-4-7-11/h5,8-11,14,17H,3-4,6-7H2,1-2H3,(H,18,19). The summed E-state index contributed by atoms with van der Waals surface area (Å²) in [6.45, 7) is 3.38. The van der Waals surface area contributed by atoms with Gasteiger partial charge in [0, 0.05) is 0 Å². The largest absolute Gasteiger partial charge is 0.481 e. The van der Waals surface area contributed by atoms with Crippen molar-refractivity contribution in [3.05, 3.63) is 35.4 Å². The third-order valence-electron chi connectivity index (χ3n) is 4.33. The van der Waals surface area contributed by atoms with Crippen LogP contribution in [0.25, 0.3) is 0 Å². The summed E-state index contributed by atoms with van der Waals surface area (Å²) in [4.78, 5) is 11.3. The van der Waals surface area contributed by atoms with Crippen molar-refractivity contribution in [1.82, 2.24) is 0 Å². The van der Waals surface area contributed by atoms with Crippen molar-refractivity contribution in [2.75, 3.05) is 0 Å².